The third-order valence-corrected chi connectivity index (χ3v) is 3.86. The van der Waals surface area contributed by atoms with Crippen molar-refractivity contribution in [2.45, 2.75) is 31.8 Å². The number of aromatic nitrogens is 2. The molecule has 112 valence electrons. The number of benzene rings is 1. The van der Waals surface area contributed by atoms with Crippen molar-refractivity contribution < 1.29 is 14.0 Å². The monoisotopic (exact) mass is 289 g/mol. The van der Waals surface area contributed by atoms with Crippen LogP contribution in [0.25, 0.3) is 11.5 Å². The van der Waals surface area contributed by atoms with Crippen LogP contribution in [0.3, 0.4) is 0 Å². The number of hydrogen-bond donors (Lipinski definition) is 1. The zero-order valence-corrected chi connectivity index (χ0v) is 12.3. The molecule has 2 N–H and O–H groups in total. The number of anilines is 1. The fraction of sp³-hybridized carbons (Fsp3) is 0.467. The van der Waals surface area contributed by atoms with Crippen molar-refractivity contribution in [3.8, 4) is 17.2 Å². The number of methoxy groups -OCH3 is 1. The van der Waals surface area contributed by atoms with Gasteiger partial charge in [0.25, 0.3) is 5.89 Å². The van der Waals surface area contributed by atoms with Crippen LogP contribution in [-0.4, -0.2) is 23.9 Å². The van der Waals surface area contributed by atoms with Gasteiger partial charge in [0.15, 0.2) is 0 Å². The highest BCUT2D eigenvalue weighted by Gasteiger charge is 2.35. The summed E-state index contributed by atoms with van der Waals surface area (Å²) in [5.74, 6) is 1.65. The van der Waals surface area contributed by atoms with Gasteiger partial charge in [-0.05, 0) is 44.4 Å². The standard InChI is InChI=1S/C15H19N3O3/c1-15(7-3-4-8-20-15)14-17-13(21-18-14)11-9-10(19-2)5-6-12(11)16/h5-6,9H,3-4,7-8,16H2,1-2H3. The summed E-state index contributed by atoms with van der Waals surface area (Å²) in [6.45, 7) is 2.72. The number of ether oxygens (including phenoxy) is 2. The normalized spacial score (nSPS) is 22.2. The van der Waals surface area contributed by atoms with Gasteiger partial charge in [-0.1, -0.05) is 5.16 Å². The summed E-state index contributed by atoms with van der Waals surface area (Å²) in [7, 11) is 1.60. The first-order valence-electron chi connectivity index (χ1n) is 7.04. The van der Waals surface area contributed by atoms with Crippen LogP contribution in [0, 0.1) is 0 Å². The summed E-state index contributed by atoms with van der Waals surface area (Å²) in [5.41, 5.74) is 6.75. The Morgan fingerprint density at radius 2 is 2.19 bits per heavy atom. The molecular formula is C15H19N3O3. The maximum absolute atomic E-state index is 5.98. The minimum atomic E-state index is -0.479. The fourth-order valence-corrected chi connectivity index (χ4v) is 2.51. The molecule has 21 heavy (non-hydrogen) atoms. The van der Waals surface area contributed by atoms with E-state index in [1.807, 2.05) is 6.92 Å². The van der Waals surface area contributed by atoms with E-state index >= 15 is 0 Å². The fourth-order valence-electron chi connectivity index (χ4n) is 2.51. The topological polar surface area (TPSA) is 83.4 Å². The zero-order chi connectivity index (χ0) is 14.9. The molecule has 6 nitrogen and oxygen atoms in total. The van der Waals surface area contributed by atoms with E-state index in [0.29, 0.717) is 28.7 Å². The van der Waals surface area contributed by atoms with E-state index in [2.05, 4.69) is 10.1 Å². The van der Waals surface area contributed by atoms with E-state index in [1.54, 1.807) is 25.3 Å². The third-order valence-electron chi connectivity index (χ3n) is 3.86. The lowest BCUT2D eigenvalue weighted by molar-refractivity contribution is -0.0770. The lowest BCUT2D eigenvalue weighted by Crippen LogP contribution is -2.31. The summed E-state index contributed by atoms with van der Waals surface area (Å²) < 4.78 is 16.4. The van der Waals surface area contributed by atoms with Crippen molar-refractivity contribution in [2.75, 3.05) is 19.5 Å². The molecule has 0 amide bonds. The Labute approximate surface area is 123 Å². The summed E-state index contributed by atoms with van der Waals surface area (Å²) in [5, 5.41) is 4.08. The molecule has 1 saturated heterocycles. The Bertz CT molecular complexity index is 633. The van der Waals surface area contributed by atoms with Gasteiger partial charge in [0.2, 0.25) is 5.82 Å². The summed E-state index contributed by atoms with van der Waals surface area (Å²) in [4.78, 5) is 4.47. The molecule has 1 aliphatic rings. The molecule has 0 spiro atoms. The van der Waals surface area contributed by atoms with Crippen molar-refractivity contribution in [2.24, 2.45) is 0 Å². The van der Waals surface area contributed by atoms with E-state index in [1.165, 1.54) is 0 Å². The van der Waals surface area contributed by atoms with Gasteiger partial charge in [0, 0.05) is 12.3 Å². The Balaban J connectivity index is 1.94. The summed E-state index contributed by atoms with van der Waals surface area (Å²) in [6, 6.07) is 5.34. The van der Waals surface area contributed by atoms with Crippen LogP contribution in [0.5, 0.6) is 5.75 Å². The molecule has 1 aromatic heterocycles. The van der Waals surface area contributed by atoms with Crippen LogP contribution >= 0.6 is 0 Å². The maximum atomic E-state index is 5.98. The van der Waals surface area contributed by atoms with Gasteiger partial charge in [-0.15, -0.1) is 0 Å². The molecule has 1 aromatic carbocycles. The zero-order valence-electron chi connectivity index (χ0n) is 12.3. The van der Waals surface area contributed by atoms with Crippen LogP contribution in [0.15, 0.2) is 22.7 Å². The molecular weight excluding hydrogens is 270 g/mol. The third kappa shape index (κ3) is 2.58. The Kier molecular flexibility index (Phi) is 3.55. The predicted octanol–water partition coefficient (Wildman–Crippen LogP) is 2.74. The van der Waals surface area contributed by atoms with Crippen molar-refractivity contribution >= 4 is 5.69 Å². The molecule has 3 rings (SSSR count). The Morgan fingerprint density at radius 1 is 1.33 bits per heavy atom. The lowest BCUT2D eigenvalue weighted by Gasteiger charge is -2.30. The SMILES string of the molecule is COc1ccc(N)c(-c2nc(C3(C)CCCCO3)no2)c1. The van der Waals surface area contributed by atoms with E-state index in [0.717, 1.165) is 25.9 Å². The minimum absolute atomic E-state index is 0.386. The van der Waals surface area contributed by atoms with E-state index < -0.39 is 5.60 Å². The molecule has 2 heterocycles. The van der Waals surface area contributed by atoms with Crippen molar-refractivity contribution in [1.82, 2.24) is 10.1 Å². The van der Waals surface area contributed by atoms with Crippen LogP contribution in [0.2, 0.25) is 0 Å². The highest BCUT2D eigenvalue weighted by atomic mass is 16.5. The molecule has 0 radical (unpaired) electrons. The van der Waals surface area contributed by atoms with Crippen LogP contribution in [0.4, 0.5) is 5.69 Å². The molecule has 1 atom stereocenters. The molecule has 0 aliphatic carbocycles. The van der Waals surface area contributed by atoms with Gasteiger partial charge in [-0.25, -0.2) is 0 Å². The second-order valence-electron chi connectivity index (χ2n) is 5.41. The molecule has 0 saturated carbocycles. The number of rotatable bonds is 3. The molecule has 0 bridgehead atoms. The van der Waals surface area contributed by atoms with Gasteiger partial charge < -0.3 is 19.7 Å². The largest absolute Gasteiger partial charge is 0.497 e. The van der Waals surface area contributed by atoms with Gasteiger partial charge in [-0.2, -0.15) is 4.98 Å². The molecule has 2 aromatic rings. The lowest BCUT2D eigenvalue weighted by atomic mass is 9.95. The van der Waals surface area contributed by atoms with Crippen molar-refractivity contribution in [1.29, 1.82) is 0 Å². The maximum Gasteiger partial charge on any atom is 0.260 e. The van der Waals surface area contributed by atoms with Crippen LogP contribution in [-0.2, 0) is 10.3 Å². The van der Waals surface area contributed by atoms with E-state index in [4.69, 9.17) is 19.7 Å². The Hall–Kier alpha value is -2.08. The van der Waals surface area contributed by atoms with Gasteiger partial charge in [0.1, 0.15) is 11.4 Å². The Morgan fingerprint density at radius 3 is 2.90 bits per heavy atom. The first-order chi connectivity index (χ1) is 10.1. The second-order valence-corrected chi connectivity index (χ2v) is 5.41. The van der Waals surface area contributed by atoms with Gasteiger partial charge >= 0.3 is 0 Å². The average Bonchev–Trinajstić information content (AvgIpc) is 2.99. The number of nitrogens with two attached hydrogens (primary N) is 1. The first-order valence-corrected chi connectivity index (χ1v) is 7.04. The minimum Gasteiger partial charge on any atom is -0.497 e. The predicted molar refractivity (Wildman–Crippen MR) is 77.9 cm³/mol. The number of nitrogens with zero attached hydrogens (tertiary/aromatic N) is 2. The van der Waals surface area contributed by atoms with Crippen LogP contribution < -0.4 is 10.5 Å². The second kappa shape index (κ2) is 5.37. The molecule has 6 heteroatoms. The first kappa shape index (κ1) is 13.9. The van der Waals surface area contributed by atoms with Gasteiger partial charge in [0.05, 0.1) is 12.7 Å². The van der Waals surface area contributed by atoms with Crippen molar-refractivity contribution in [3.05, 3.63) is 24.0 Å². The average molecular weight is 289 g/mol. The quantitative estimate of drug-likeness (QED) is 0.875. The van der Waals surface area contributed by atoms with E-state index in [9.17, 15) is 0 Å². The van der Waals surface area contributed by atoms with Gasteiger partial charge in [-0.3, -0.25) is 0 Å². The number of hydrogen-bond acceptors (Lipinski definition) is 6. The molecule has 1 unspecified atom stereocenters. The van der Waals surface area contributed by atoms with Crippen LogP contribution in [0.1, 0.15) is 32.0 Å². The summed E-state index contributed by atoms with van der Waals surface area (Å²) in [6.07, 6.45) is 3.06. The smallest absolute Gasteiger partial charge is 0.260 e. The van der Waals surface area contributed by atoms with E-state index in [-0.39, 0.29) is 0 Å². The number of nitrogen functional groups attached to an aromatic ring is 1. The highest BCUT2D eigenvalue weighted by Crippen LogP contribution is 2.35. The molecule has 1 aliphatic heterocycles. The molecule has 1 fully saturated rings. The summed E-state index contributed by atoms with van der Waals surface area (Å²) >= 11 is 0. The van der Waals surface area contributed by atoms with Crippen molar-refractivity contribution in [3.63, 3.8) is 0 Å². The highest BCUT2D eigenvalue weighted by molar-refractivity contribution is 5.72.